The molecule has 0 fully saturated rings. The summed E-state index contributed by atoms with van der Waals surface area (Å²) in [5, 5.41) is 2.74. The third kappa shape index (κ3) is 6.16. The summed E-state index contributed by atoms with van der Waals surface area (Å²) in [7, 11) is 0. The minimum absolute atomic E-state index is 0.110. The van der Waals surface area contributed by atoms with E-state index in [0.717, 1.165) is 17.9 Å². The van der Waals surface area contributed by atoms with Gasteiger partial charge in [0.05, 0.1) is 13.2 Å². The van der Waals surface area contributed by atoms with E-state index in [0.29, 0.717) is 13.2 Å². The molecule has 0 unspecified atom stereocenters. The Kier molecular flexibility index (Phi) is 7.08. The number of nitrogens with zero attached hydrogens (tertiary/aromatic N) is 1. The van der Waals surface area contributed by atoms with E-state index in [2.05, 4.69) is 5.32 Å². The van der Waals surface area contributed by atoms with Gasteiger partial charge in [-0.2, -0.15) is 0 Å². The molecular formula is C15H22N2O4. The van der Waals surface area contributed by atoms with Crippen LogP contribution in [-0.4, -0.2) is 38.4 Å². The fraction of sp³-hybridized carbons (Fsp3) is 0.467. The van der Waals surface area contributed by atoms with E-state index in [1.165, 1.54) is 6.92 Å². The van der Waals surface area contributed by atoms with Crippen molar-refractivity contribution in [2.45, 2.75) is 20.8 Å². The number of likely N-dealkylation sites (N-methyl/N-ethyl adjacent to an activating group) is 1. The largest absolute Gasteiger partial charge is 0.508 e. The average Bonchev–Trinajstić information content (AvgIpc) is 2.43. The Morgan fingerprint density at radius 3 is 2.62 bits per heavy atom. The topological polar surface area (TPSA) is 67.9 Å². The lowest BCUT2D eigenvalue weighted by molar-refractivity contribution is -0.114. The highest BCUT2D eigenvalue weighted by Gasteiger charge is 2.08. The van der Waals surface area contributed by atoms with Crippen LogP contribution >= 0.6 is 0 Å². The first-order chi connectivity index (χ1) is 10.1. The van der Waals surface area contributed by atoms with Gasteiger partial charge in [-0.25, -0.2) is 4.79 Å². The molecule has 1 N–H and O–H groups in total. The van der Waals surface area contributed by atoms with Crippen molar-refractivity contribution in [3.8, 4) is 0 Å². The zero-order valence-corrected chi connectivity index (χ0v) is 12.7. The van der Waals surface area contributed by atoms with Gasteiger partial charge in [-0.3, -0.25) is 4.79 Å². The normalized spacial score (nSPS) is 9.86. The minimum Gasteiger partial charge on any atom is -0.435 e. The molecule has 0 aliphatic heterocycles. The summed E-state index contributed by atoms with van der Waals surface area (Å²) in [6.45, 7) is 7.07. The van der Waals surface area contributed by atoms with Crippen molar-refractivity contribution in [2.24, 2.45) is 0 Å². The van der Waals surface area contributed by atoms with Gasteiger partial charge in [0, 0.05) is 24.8 Å². The van der Waals surface area contributed by atoms with Gasteiger partial charge < -0.3 is 19.7 Å². The van der Waals surface area contributed by atoms with Crippen LogP contribution in [0.4, 0.5) is 16.2 Å². The summed E-state index contributed by atoms with van der Waals surface area (Å²) in [4.78, 5) is 24.2. The molecule has 0 spiro atoms. The summed E-state index contributed by atoms with van der Waals surface area (Å²) < 4.78 is 9.66. The molecule has 0 aromatic heterocycles. The van der Waals surface area contributed by atoms with Gasteiger partial charge >= 0.3 is 6.16 Å². The fourth-order valence-electron chi connectivity index (χ4n) is 1.85. The molecular weight excluding hydrogens is 272 g/mol. The summed E-state index contributed by atoms with van der Waals surface area (Å²) in [6.07, 6.45) is -0.652. The number of carbonyl (C=O) groups is 2. The van der Waals surface area contributed by atoms with Crippen LogP contribution in [0.2, 0.25) is 0 Å². The number of hydrogen-bond acceptors (Lipinski definition) is 5. The van der Waals surface area contributed by atoms with Crippen molar-refractivity contribution in [3.05, 3.63) is 24.3 Å². The monoisotopic (exact) mass is 294 g/mol. The van der Waals surface area contributed by atoms with Gasteiger partial charge in [-0.15, -0.1) is 0 Å². The number of anilines is 2. The molecule has 0 heterocycles. The number of amides is 1. The smallest absolute Gasteiger partial charge is 0.435 e. The standard InChI is InChI=1S/C15H22N2O4/c1-4-17(9-10-21-15(19)20-5-2)14-8-6-7-13(11-14)16-12(3)18/h6-8,11H,4-5,9-10H2,1-3H3,(H,16,18). The molecule has 0 aliphatic carbocycles. The molecule has 116 valence electrons. The quantitative estimate of drug-likeness (QED) is 0.783. The Morgan fingerprint density at radius 1 is 1.24 bits per heavy atom. The summed E-state index contributed by atoms with van der Waals surface area (Å²) in [5.41, 5.74) is 1.70. The molecule has 1 aromatic carbocycles. The third-order valence-corrected chi connectivity index (χ3v) is 2.76. The van der Waals surface area contributed by atoms with Gasteiger partial charge in [-0.05, 0) is 32.0 Å². The third-order valence-electron chi connectivity index (χ3n) is 2.76. The number of hydrogen-bond donors (Lipinski definition) is 1. The van der Waals surface area contributed by atoms with E-state index in [1.54, 1.807) is 6.92 Å². The molecule has 1 amide bonds. The van der Waals surface area contributed by atoms with Crippen molar-refractivity contribution in [1.82, 2.24) is 0 Å². The fourth-order valence-corrected chi connectivity index (χ4v) is 1.85. The number of nitrogens with one attached hydrogen (secondary N) is 1. The van der Waals surface area contributed by atoms with Gasteiger partial charge in [0.1, 0.15) is 6.61 Å². The van der Waals surface area contributed by atoms with Crippen LogP contribution in [0.25, 0.3) is 0 Å². The highest BCUT2D eigenvalue weighted by molar-refractivity contribution is 5.89. The van der Waals surface area contributed by atoms with E-state index in [1.807, 2.05) is 36.1 Å². The molecule has 0 saturated heterocycles. The van der Waals surface area contributed by atoms with Crippen molar-refractivity contribution in [2.75, 3.05) is 36.5 Å². The predicted octanol–water partition coefficient (Wildman–Crippen LogP) is 2.64. The molecule has 0 radical (unpaired) electrons. The van der Waals surface area contributed by atoms with Crippen molar-refractivity contribution in [1.29, 1.82) is 0 Å². The van der Waals surface area contributed by atoms with E-state index in [4.69, 9.17) is 9.47 Å². The van der Waals surface area contributed by atoms with Gasteiger partial charge in [0.25, 0.3) is 0 Å². The average molecular weight is 294 g/mol. The number of ether oxygens (including phenoxy) is 2. The Balaban J connectivity index is 2.59. The highest BCUT2D eigenvalue weighted by atomic mass is 16.7. The van der Waals surface area contributed by atoms with Gasteiger partial charge in [0.15, 0.2) is 0 Å². The first-order valence-corrected chi connectivity index (χ1v) is 6.99. The van der Waals surface area contributed by atoms with Crippen molar-refractivity contribution < 1.29 is 19.1 Å². The maximum atomic E-state index is 11.1. The predicted molar refractivity (Wildman–Crippen MR) is 81.6 cm³/mol. The maximum absolute atomic E-state index is 11.1. The van der Waals surface area contributed by atoms with Crippen LogP contribution in [0.5, 0.6) is 0 Å². The second-order valence-corrected chi connectivity index (χ2v) is 4.34. The lowest BCUT2D eigenvalue weighted by atomic mass is 10.2. The minimum atomic E-state index is -0.652. The summed E-state index contributed by atoms with van der Waals surface area (Å²) in [6, 6.07) is 7.53. The molecule has 1 aromatic rings. The summed E-state index contributed by atoms with van der Waals surface area (Å²) in [5.74, 6) is -0.110. The molecule has 1 rings (SSSR count). The van der Waals surface area contributed by atoms with Crippen LogP contribution in [0.3, 0.4) is 0 Å². The molecule has 0 atom stereocenters. The van der Waals surface area contributed by atoms with Gasteiger partial charge in [0.2, 0.25) is 5.91 Å². The SMILES string of the molecule is CCOC(=O)OCCN(CC)c1cccc(NC(C)=O)c1. The van der Waals surface area contributed by atoms with E-state index in [9.17, 15) is 9.59 Å². The van der Waals surface area contributed by atoms with Crippen LogP contribution in [0.15, 0.2) is 24.3 Å². The molecule has 6 nitrogen and oxygen atoms in total. The zero-order valence-electron chi connectivity index (χ0n) is 12.7. The van der Waals surface area contributed by atoms with Crippen LogP contribution in [-0.2, 0) is 14.3 Å². The van der Waals surface area contributed by atoms with E-state index in [-0.39, 0.29) is 12.5 Å². The van der Waals surface area contributed by atoms with Crippen molar-refractivity contribution in [3.63, 3.8) is 0 Å². The maximum Gasteiger partial charge on any atom is 0.508 e. The Labute approximate surface area is 125 Å². The second kappa shape index (κ2) is 8.84. The first-order valence-electron chi connectivity index (χ1n) is 6.99. The first kappa shape index (κ1) is 16.8. The number of rotatable bonds is 7. The Bertz CT molecular complexity index is 476. The van der Waals surface area contributed by atoms with E-state index < -0.39 is 6.16 Å². The van der Waals surface area contributed by atoms with Crippen molar-refractivity contribution >= 4 is 23.4 Å². The van der Waals surface area contributed by atoms with Crippen LogP contribution in [0, 0.1) is 0 Å². The lowest BCUT2D eigenvalue weighted by Gasteiger charge is -2.23. The van der Waals surface area contributed by atoms with Crippen LogP contribution < -0.4 is 10.2 Å². The summed E-state index contributed by atoms with van der Waals surface area (Å²) >= 11 is 0. The lowest BCUT2D eigenvalue weighted by Crippen LogP contribution is -2.28. The second-order valence-electron chi connectivity index (χ2n) is 4.34. The number of carbonyl (C=O) groups excluding carboxylic acids is 2. The Morgan fingerprint density at radius 2 is 2.00 bits per heavy atom. The van der Waals surface area contributed by atoms with Gasteiger partial charge in [-0.1, -0.05) is 6.07 Å². The molecule has 0 saturated carbocycles. The van der Waals surface area contributed by atoms with Crippen LogP contribution in [0.1, 0.15) is 20.8 Å². The molecule has 6 heteroatoms. The van der Waals surface area contributed by atoms with E-state index >= 15 is 0 Å². The zero-order chi connectivity index (χ0) is 15.7. The number of benzene rings is 1. The molecule has 21 heavy (non-hydrogen) atoms. The molecule has 0 bridgehead atoms. The molecule has 0 aliphatic rings. The Hall–Kier alpha value is -2.24. The highest BCUT2D eigenvalue weighted by Crippen LogP contribution is 2.19.